The van der Waals surface area contributed by atoms with Crippen LogP contribution in [0.2, 0.25) is 0 Å². The van der Waals surface area contributed by atoms with Crippen LogP contribution in [-0.2, 0) is 11.3 Å². The van der Waals surface area contributed by atoms with Crippen molar-refractivity contribution in [2.45, 2.75) is 86.2 Å². The Hall–Kier alpha value is -4.51. The zero-order valence-corrected chi connectivity index (χ0v) is 32.7. The molecule has 3 aromatic rings. The first-order valence-corrected chi connectivity index (χ1v) is 19.8. The van der Waals surface area contributed by atoms with Gasteiger partial charge in [0.05, 0.1) is 5.56 Å². The summed E-state index contributed by atoms with van der Waals surface area (Å²) < 4.78 is 0. The first kappa shape index (κ1) is 36.5. The van der Waals surface area contributed by atoms with E-state index in [0.29, 0.717) is 45.2 Å². The first-order valence-electron chi connectivity index (χ1n) is 19.8. The number of amides is 2. The molecule has 0 bridgehead atoms. The average Bonchev–Trinajstić information content (AvgIpc) is 3.09. The smallest absolute Gasteiger partial charge is 0.253 e. The molecule has 4 saturated carbocycles. The second-order valence-electron chi connectivity index (χ2n) is 18.0. The van der Waals surface area contributed by atoms with Gasteiger partial charge in [0.25, 0.3) is 11.5 Å². The Bertz CT molecular complexity index is 2060. The van der Waals surface area contributed by atoms with E-state index in [1.807, 2.05) is 58.2 Å². The van der Waals surface area contributed by atoms with Crippen LogP contribution < -0.4 is 26.4 Å². The van der Waals surface area contributed by atoms with Crippen molar-refractivity contribution in [3.63, 3.8) is 0 Å². The summed E-state index contributed by atoms with van der Waals surface area (Å²) in [5, 5.41) is 17.8. The van der Waals surface area contributed by atoms with Gasteiger partial charge in [-0.05, 0) is 122 Å². The van der Waals surface area contributed by atoms with Crippen LogP contribution in [0.1, 0.15) is 92.5 Å². The number of aryl methyl sites for hydroxylation is 2. The molecule has 2 aromatic heterocycles. The maximum Gasteiger partial charge on any atom is 0.253 e. The number of anilines is 2. The summed E-state index contributed by atoms with van der Waals surface area (Å²) in [5.74, 6) is 1.67. The van der Waals surface area contributed by atoms with Crippen molar-refractivity contribution in [3.05, 3.63) is 74.8 Å². The second-order valence-corrected chi connectivity index (χ2v) is 18.0. The Kier molecular flexibility index (Phi) is 8.82. The SMILES string of the molecule is Cc1cc(C)c(CNC(=O)c2cc(-c3ccc(N4CCN(CCNC(=O)CC56CC7CC8(C)CC(C)(C5)C786)CC4)nc3)cc(NC(C)C)c2C=N)c(=O)[nH]1. The van der Waals surface area contributed by atoms with E-state index in [2.05, 4.69) is 44.6 Å². The van der Waals surface area contributed by atoms with E-state index in [-0.39, 0.29) is 35.4 Å². The molecule has 5 N–H and O–H groups in total. The minimum Gasteiger partial charge on any atom is -0.382 e. The molecule has 1 spiro atoms. The number of aromatic nitrogens is 2. The minimum absolute atomic E-state index is 0.0771. The standard InChI is InChI=1S/C43H56N8O3/c1-26(2)48-35-17-30(16-32(33(35)21-44)38(53)47-23-34-27(3)15-28(4)49-39(34)54)29-7-8-36(46-22-29)51-13-11-50(12-14-51)10-9-45-37(52)20-42-19-31-18-40(5)24-41(6,25-42)43(31,40)42/h7-8,15-17,21-22,26,31,44,48H,9-14,18-20,23-25H2,1-6H3,(H,45,52)(H,47,53)(H,49,54). The van der Waals surface area contributed by atoms with E-state index in [1.165, 1.54) is 31.9 Å². The third-order valence-electron chi connectivity index (χ3n) is 14.2. The van der Waals surface area contributed by atoms with Gasteiger partial charge in [-0.25, -0.2) is 4.98 Å². The predicted octanol–water partition coefficient (Wildman–Crippen LogP) is 5.65. The number of carbonyl (C=O) groups excluding carboxylic acids is 2. The minimum atomic E-state index is -0.361. The van der Waals surface area contributed by atoms with Gasteiger partial charge >= 0.3 is 0 Å². The molecule has 2 amide bonds. The number of hydrogen-bond acceptors (Lipinski definition) is 8. The number of carbonyl (C=O) groups is 2. The molecule has 4 aliphatic carbocycles. The van der Waals surface area contributed by atoms with E-state index in [1.54, 1.807) is 6.07 Å². The van der Waals surface area contributed by atoms with Crippen molar-refractivity contribution in [2.75, 3.05) is 49.5 Å². The van der Waals surface area contributed by atoms with E-state index in [0.717, 1.165) is 73.3 Å². The lowest BCUT2D eigenvalue weighted by molar-refractivity contribution is -0.512. The molecular weight excluding hydrogens is 677 g/mol. The summed E-state index contributed by atoms with van der Waals surface area (Å²) >= 11 is 0. The molecule has 11 heteroatoms. The molecule has 5 atom stereocenters. The Morgan fingerprint density at radius 3 is 2.43 bits per heavy atom. The highest BCUT2D eigenvalue weighted by Gasteiger charge is 2.95. The molecule has 5 fully saturated rings. The van der Waals surface area contributed by atoms with Crippen molar-refractivity contribution >= 4 is 29.5 Å². The maximum absolute atomic E-state index is 13.6. The van der Waals surface area contributed by atoms with Crippen LogP contribution in [0.4, 0.5) is 11.5 Å². The molecule has 286 valence electrons. The number of nitrogens with one attached hydrogen (secondary N) is 5. The molecule has 1 aliphatic heterocycles. The first-order chi connectivity index (χ1) is 25.7. The monoisotopic (exact) mass is 732 g/mol. The van der Waals surface area contributed by atoms with Gasteiger partial charge in [-0.3, -0.25) is 19.3 Å². The normalized spacial score (nSPS) is 29.1. The number of hydrogen-bond donors (Lipinski definition) is 5. The number of aromatic amines is 1. The molecule has 0 radical (unpaired) electrons. The molecule has 1 saturated heterocycles. The molecule has 5 aliphatic rings. The van der Waals surface area contributed by atoms with Gasteiger partial charge in [0.2, 0.25) is 5.91 Å². The third kappa shape index (κ3) is 5.51. The van der Waals surface area contributed by atoms with E-state index in [9.17, 15) is 14.4 Å². The largest absolute Gasteiger partial charge is 0.382 e. The summed E-state index contributed by atoms with van der Waals surface area (Å²) in [5.41, 5.74) is 6.84. The third-order valence-corrected chi connectivity index (χ3v) is 14.2. The van der Waals surface area contributed by atoms with Crippen LogP contribution in [0.3, 0.4) is 0 Å². The topological polar surface area (TPSA) is 146 Å². The van der Waals surface area contributed by atoms with Crippen LogP contribution >= 0.6 is 0 Å². The lowest BCUT2D eigenvalue weighted by Gasteiger charge is -2.99. The second kappa shape index (κ2) is 13.1. The number of benzene rings is 1. The molecule has 3 heterocycles. The molecular formula is C43H56N8O3. The van der Waals surface area contributed by atoms with Gasteiger partial charge in [-0.2, -0.15) is 0 Å². The van der Waals surface area contributed by atoms with Crippen molar-refractivity contribution in [1.82, 2.24) is 25.5 Å². The fourth-order valence-corrected chi connectivity index (χ4v) is 12.9. The summed E-state index contributed by atoms with van der Waals surface area (Å²) in [7, 11) is 0. The number of rotatable bonds is 13. The molecule has 54 heavy (non-hydrogen) atoms. The van der Waals surface area contributed by atoms with Crippen molar-refractivity contribution in [1.29, 1.82) is 5.41 Å². The predicted molar refractivity (Wildman–Crippen MR) is 213 cm³/mol. The number of nitrogens with zero attached hydrogens (tertiary/aromatic N) is 3. The van der Waals surface area contributed by atoms with Gasteiger partial charge in [0, 0.05) is 98.8 Å². The van der Waals surface area contributed by atoms with Gasteiger partial charge in [-0.1, -0.05) is 13.8 Å². The summed E-state index contributed by atoms with van der Waals surface area (Å²) in [6.45, 7) is 17.9. The van der Waals surface area contributed by atoms with E-state index < -0.39 is 0 Å². The fraction of sp³-hybridized carbons (Fsp3) is 0.558. The number of H-pyrrole nitrogens is 1. The highest BCUT2D eigenvalue weighted by molar-refractivity contribution is 6.06. The van der Waals surface area contributed by atoms with Gasteiger partial charge in [0.15, 0.2) is 0 Å². The molecule has 8 rings (SSSR count). The van der Waals surface area contributed by atoms with Crippen molar-refractivity contribution in [3.8, 4) is 11.1 Å². The van der Waals surface area contributed by atoms with Gasteiger partial charge < -0.3 is 31.2 Å². The van der Waals surface area contributed by atoms with Crippen LogP contribution in [0.15, 0.2) is 41.3 Å². The highest BCUT2D eigenvalue weighted by Crippen LogP contribution is 3.02. The number of pyridine rings is 2. The highest BCUT2D eigenvalue weighted by atomic mass is 16.2. The van der Waals surface area contributed by atoms with E-state index >= 15 is 0 Å². The zero-order chi connectivity index (χ0) is 38.2. The van der Waals surface area contributed by atoms with Crippen LogP contribution in [0.5, 0.6) is 0 Å². The molecule has 11 nitrogen and oxygen atoms in total. The van der Waals surface area contributed by atoms with Crippen LogP contribution in [0.25, 0.3) is 11.1 Å². The Balaban J connectivity index is 0.866. The van der Waals surface area contributed by atoms with Crippen molar-refractivity contribution < 1.29 is 9.59 Å². The average molecular weight is 733 g/mol. The quantitative estimate of drug-likeness (QED) is 0.143. The van der Waals surface area contributed by atoms with Crippen LogP contribution in [-0.4, -0.2) is 78.2 Å². The van der Waals surface area contributed by atoms with Gasteiger partial charge in [0.1, 0.15) is 5.82 Å². The zero-order valence-electron chi connectivity index (χ0n) is 32.7. The van der Waals surface area contributed by atoms with E-state index in [4.69, 9.17) is 10.4 Å². The Labute approximate surface area is 318 Å². The number of piperazine rings is 1. The van der Waals surface area contributed by atoms with Gasteiger partial charge in [-0.15, -0.1) is 0 Å². The molecule has 5 unspecified atom stereocenters. The molecule has 1 aromatic carbocycles. The summed E-state index contributed by atoms with van der Waals surface area (Å²) in [4.78, 5) is 51.7. The Morgan fingerprint density at radius 2 is 1.80 bits per heavy atom. The Morgan fingerprint density at radius 1 is 1.02 bits per heavy atom. The summed E-state index contributed by atoms with van der Waals surface area (Å²) in [6, 6.07) is 9.78. The maximum atomic E-state index is 13.6. The lowest BCUT2D eigenvalue weighted by atomic mass is 9.04. The van der Waals surface area contributed by atoms with Crippen LogP contribution in [0, 0.1) is 46.8 Å². The summed E-state index contributed by atoms with van der Waals surface area (Å²) in [6.07, 6.45) is 9.04. The fourth-order valence-electron chi connectivity index (χ4n) is 12.9. The van der Waals surface area contributed by atoms with Crippen molar-refractivity contribution in [2.24, 2.45) is 27.6 Å². The lowest BCUT2D eigenvalue weighted by Crippen LogP contribution is -2.93.